The van der Waals surface area contributed by atoms with E-state index in [-0.39, 0.29) is 6.04 Å². The predicted molar refractivity (Wildman–Crippen MR) is 64.4 cm³/mol. The van der Waals surface area contributed by atoms with E-state index in [9.17, 15) is 13.2 Å². The number of benzene rings is 1. The van der Waals surface area contributed by atoms with Crippen LogP contribution in [0.4, 0.5) is 13.2 Å². The van der Waals surface area contributed by atoms with E-state index < -0.39 is 11.7 Å². The third kappa shape index (κ3) is 4.31. The second-order valence-corrected chi connectivity index (χ2v) is 4.08. The van der Waals surface area contributed by atoms with Gasteiger partial charge in [0, 0.05) is 7.11 Å². The van der Waals surface area contributed by atoms with Crippen molar-refractivity contribution in [3.8, 4) is 0 Å². The lowest BCUT2D eigenvalue weighted by Crippen LogP contribution is -2.26. The van der Waals surface area contributed by atoms with E-state index in [1.54, 1.807) is 7.11 Å². The molecule has 18 heavy (non-hydrogen) atoms. The maximum atomic E-state index is 12.4. The highest BCUT2D eigenvalue weighted by Crippen LogP contribution is 2.29. The van der Waals surface area contributed by atoms with Gasteiger partial charge in [-0.25, -0.2) is 0 Å². The summed E-state index contributed by atoms with van der Waals surface area (Å²) in [5.41, 5.74) is 0.177. The average molecular weight is 261 g/mol. The fourth-order valence-corrected chi connectivity index (χ4v) is 1.66. The second-order valence-electron chi connectivity index (χ2n) is 4.08. The van der Waals surface area contributed by atoms with E-state index in [2.05, 4.69) is 5.32 Å². The van der Waals surface area contributed by atoms with Crippen molar-refractivity contribution in [3.05, 3.63) is 35.4 Å². The van der Waals surface area contributed by atoms with E-state index in [4.69, 9.17) is 4.74 Å². The van der Waals surface area contributed by atoms with Crippen LogP contribution in [0.15, 0.2) is 24.3 Å². The van der Waals surface area contributed by atoms with Gasteiger partial charge in [-0.2, -0.15) is 13.2 Å². The van der Waals surface area contributed by atoms with Gasteiger partial charge in [-0.1, -0.05) is 19.1 Å². The molecule has 0 fully saturated rings. The third-order valence-corrected chi connectivity index (χ3v) is 2.61. The van der Waals surface area contributed by atoms with Crippen molar-refractivity contribution in [2.45, 2.75) is 25.6 Å². The van der Waals surface area contributed by atoms with Gasteiger partial charge in [0.25, 0.3) is 0 Å². The lowest BCUT2D eigenvalue weighted by molar-refractivity contribution is -0.137. The predicted octanol–water partition coefficient (Wildman–Crippen LogP) is 3.39. The van der Waals surface area contributed by atoms with Gasteiger partial charge in [0.15, 0.2) is 0 Å². The van der Waals surface area contributed by atoms with E-state index in [0.717, 1.165) is 30.7 Å². The fourth-order valence-electron chi connectivity index (χ4n) is 1.66. The molecule has 0 bridgehead atoms. The quantitative estimate of drug-likeness (QED) is 0.847. The van der Waals surface area contributed by atoms with Crippen LogP contribution in [0.3, 0.4) is 0 Å². The Hall–Kier alpha value is -1.07. The van der Waals surface area contributed by atoms with Crippen LogP contribution in [0.25, 0.3) is 0 Å². The minimum atomic E-state index is -4.29. The largest absolute Gasteiger partial charge is 0.416 e. The zero-order chi connectivity index (χ0) is 13.6. The summed E-state index contributed by atoms with van der Waals surface area (Å²) in [6, 6.07) is 5.12. The Morgan fingerprint density at radius 2 is 1.83 bits per heavy atom. The molecule has 0 aliphatic carbocycles. The first kappa shape index (κ1) is 15.0. The molecule has 1 rings (SSSR count). The zero-order valence-electron chi connectivity index (χ0n) is 10.6. The highest BCUT2D eigenvalue weighted by Gasteiger charge is 2.30. The summed E-state index contributed by atoms with van der Waals surface area (Å²) in [5.74, 6) is 0. The van der Waals surface area contributed by atoms with Crippen LogP contribution in [0.5, 0.6) is 0 Å². The number of ether oxygens (including phenoxy) is 1. The molecule has 102 valence electrons. The Balaban J connectivity index is 2.79. The first-order valence-electron chi connectivity index (χ1n) is 5.88. The number of nitrogens with one attached hydrogen (secondary N) is 1. The number of rotatable bonds is 6. The van der Waals surface area contributed by atoms with Gasteiger partial charge >= 0.3 is 6.18 Å². The lowest BCUT2D eigenvalue weighted by Gasteiger charge is -2.18. The third-order valence-electron chi connectivity index (χ3n) is 2.61. The molecule has 0 spiro atoms. The van der Waals surface area contributed by atoms with E-state index in [1.807, 2.05) is 6.92 Å². The van der Waals surface area contributed by atoms with Gasteiger partial charge in [0.2, 0.25) is 0 Å². The number of halogens is 3. The van der Waals surface area contributed by atoms with Crippen LogP contribution in [-0.4, -0.2) is 20.3 Å². The van der Waals surface area contributed by atoms with Crippen molar-refractivity contribution in [3.63, 3.8) is 0 Å². The van der Waals surface area contributed by atoms with Crippen LogP contribution in [0.1, 0.15) is 30.5 Å². The van der Waals surface area contributed by atoms with E-state index in [1.165, 1.54) is 12.1 Å². The SMILES string of the molecule is CCCNC(COC)c1ccc(C(F)(F)F)cc1. The number of hydrogen-bond donors (Lipinski definition) is 1. The van der Waals surface area contributed by atoms with Gasteiger partial charge in [-0.3, -0.25) is 0 Å². The molecule has 2 nitrogen and oxygen atoms in total. The van der Waals surface area contributed by atoms with Crippen molar-refractivity contribution >= 4 is 0 Å². The summed E-state index contributed by atoms with van der Waals surface area (Å²) in [6.07, 6.45) is -3.33. The molecule has 1 unspecified atom stereocenters. The molecule has 0 aliphatic heterocycles. The average Bonchev–Trinajstić information content (AvgIpc) is 2.33. The van der Waals surface area contributed by atoms with Gasteiger partial charge in [0.1, 0.15) is 0 Å². The van der Waals surface area contributed by atoms with Crippen molar-refractivity contribution in [2.24, 2.45) is 0 Å². The molecular formula is C13H18F3NO. The van der Waals surface area contributed by atoms with Crippen molar-refractivity contribution in [1.29, 1.82) is 0 Å². The minimum Gasteiger partial charge on any atom is -0.383 e. The molecular weight excluding hydrogens is 243 g/mol. The Labute approximate surface area is 105 Å². The molecule has 0 radical (unpaired) electrons. The Bertz CT molecular complexity index is 348. The Kier molecular flexibility index (Phi) is 5.62. The van der Waals surface area contributed by atoms with Crippen LogP contribution in [0, 0.1) is 0 Å². The summed E-state index contributed by atoms with van der Waals surface area (Å²) >= 11 is 0. The molecule has 0 aliphatic rings. The topological polar surface area (TPSA) is 21.3 Å². The normalized spacial score (nSPS) is 13.6. The maximum absolute atomic E-state index is 12.4. The summed E-state index contributed by atoms with van der Waals surface area (Å²) in [5, 5.41) is 3.24. The van der Waals surface area contributed by atoms with Crippen molar-refractivity contribution in [1.82, 2.24) is 5.32 Å². The Morgan fingerprint density at radius 1 is 1.22 bits per heavy atom. The zero-order valence-corrected chi connectivity index (χ0v) is 10.6. The summed E-state index contributed by atoms with van der Waals surface area (Å²) in [6.45, 7) is 3.27. The van der Waals surface area contributed by atoms with Crippen LogP contribution >= 0.6 is 0 Å². The smallest absolute Gasteiger partial charge is 0.383 e. The standard InChI is InChI=1S/C13H18F3NO/c1-3-8-17-12(9-18-2)10-4-6-11(7-5-10)13(14,15)16/h4-7,12,17H,3,8-9H2,1-2H3. The summed E-state index contributed by atoms with van der Waals surface area (Å²) in [4.78, 5) is 0. The molecule has 1 aromatic carbocycles. The van der Waals surface area contributed by atoms with Crippen LogP contribution in [-0.2, 0) is 10.9 Å². The van der Waals surface area contributed by atoms with Crippen LogP contribution < -0.4 is 5.32 Å². The monoisotopic (exact) mass is 261 g/mol. The Morgan fingerprint density at radius 3 is 2.28 bits per heavy atom. The van der Waals surface area contributed by atoms with E-state index >= 15 is 0 Å². The highest BCUT2D eigenvalue weighted by atomic mass is 19.4. The molecule has 0 saturated heterocycles. The van der Waals surface area contributed by atoms with Gasteiger partial charge in [-0.15, -0.1) is 0 Å². The second kappa shape index (κ2) is 6.75. The summed E-state index contributed by atoms with van der Waals surface area (Å²) < 4.78 is 42.4. The van der Waals surface area contributed by atoms with Crippen molar-refractivity contribution in [2.75, 3.05) is 20.3 Å². The summed E-state index contributed by atoms with van der Waals surface area (Å²) in [7, 11) is 1.57. The molecule has 0 saturated carbocycles. The molecule has 1 atom stereocenters. The molecule has 5 heteroatoms. The molecule has 0 amide bonds. The maximum Gasteiger partial charge on any atom is 0.416 e. The number of hydrogen-bond acceptors (Lipinski definition) is 2. The number of alkyl halides is 3. The number of methoxy groups -OCH3 is 1. The fraction of sp³-hybridized carbons (Fsp3) is 0.538. The molecule has 1 aromatic rings. The van der Waals surface area contributed by atoms with Gasteiger partial charge in [-0.05, 0) is 30.7 Å². The first-order chi connectivity index (χ1) is 8.49. The lowest BCUT2D eigenvalue weighted by atomic mass is 10.0. The highest BCUT2D eigenvalue weighted by molar-refractivity contribution is 5.26. The minimum absolute atomic E-state index is 0.0720. The van der Waals surface area contributed by atoms with Crippen molar-refractivity contribution < 1.29 is 17.9 Å². The van der Waals surface area contributed by atoms with Crippen LogP contribution in [0.2, 0.25) is 0 Å². The molecule has 0 heterocycles. The van der Waals surface area contributed by atoms with E-state index in [0.29, 0.717) is 6.61 Å². The molecule has 1 N–H and O–H groups in total. The molecule has 0 aromatic heterocycles. The first-order valence-corrected chi connectivity index (χ1v) is 5.88. The van der Waals surface area contributed by atoms with Gasteiger partial charge in [0.05, 0.1) is 18.2 Å². The van der Waals surface area contributed by atoms with Gasteiger partial charge < -0.3 is 10.1 Å².